The molecule has 0 bridgehead atoms. The number of aromatic nitrogens is 1. The van der Waals surface area contributed by atoms with Crippen LogP contribution in [-0.2, 0) is 12.8 Å². The minimum atomic E-state index is 0.701. The van der Waals surface area contributed by atoms with Crippen molar-refractivity contribution in [2.24, 2.45) is 0 Å². The number of rotatable bonds is 5. The fraction of sp³-hybridized carbons (Fsp3) is 0.600. The van der Waals surface area contributed by atoms with E-state index in [-0.39, 0.29) is 0 Å². The number of nitrogens with zero attached hydrogens (tertiary/aromatic N) is 2. The SMILES string of the molecule is CCCCCNc1nc2c(cc1C#N)CCCC2. The average Bonchev–Trinajstić information content (AvgIpc) is 2.42. The Hall–Kier alpha value is -1.56. The first-order valence-corrected chi connectivity index (χ1v) is 7.02. The van der Waals surface area contributed by atoms with Gasteiger partial charge in [0.2, 0.25) is 0 Å². The first-order valence-electron chi connectivity index (χ1n) is 7.02. The Balaban J connectivity index is 2.11. The van der Waals surface area contributed by atoms with Crippen LogP contribution in [0.1, 0.15) is 55.8 Å². The van der Waals surface area contributed by atoms with Gasteiger partial charge in [-0.1, -0.05) is 19.8 Å². The lowest BCUT2D eigenvalue weighted by Gasteiger charge is -2.17. The van der Waals surface area contributed by atoms with Gasteiger partial charge in [0.1, 0.15) is 11.9 Å². The molecular formula is C15H21N3. The topological polar surface area (TPSA) is 48.7 Å². The summed E-state index contributed by atoms with van der Waals surface area (Å²) in [6.07, 6.45) is 8.16. The average molecular weight is 243 g/mol. The molecule has 0 atom stereocenters. The van der Waals surface area contributed by atoms with Crippen LogP contribution in [-0.4, -0.2) is 11.5 Å². The monoisotopic (exact) mass is 243 g/mol. The summed E-state index contributed by atoms with van der Waals surface area (Å²) in [5.41, 5.74) is 3.17. The summed E-state index contributed by atoms with van der Waals surface area (Å²) in [6, 6.07) is 4.29. The maximum atomic E-state index is 9.19. The normalized spacial score (nSPS) is 13.8. The number of hydrogen-bond acceptors (Lipinski definition) is 3. The van der Waals surface area contributed by atoms with Crippen molar-refractivity contribution in [3.63, 3.8) is 0 Å². The zero-order valence-corrected chi connectivity index (χ0v) is 11.1. The second-order valence-electron chi connectivity index (χ2n) is 4.94. The van der Waals surface area contributed by atoms with Gasteiger partial charge in [0.05, 0.1) is 5.56 Å². The lowest BCUT2D eigenvalue weighted by molar-refractivity contribution is 0.667. The third kappa shape index (κ3) is 3.01. The molecule has 0 fully saturated rings. The first kappa shape index (κ1) is 12.9. The van der Waals surface area contributed by atoms with Crippen LogP contribution in [0.2, 0.25) is 0 Å². The lowest BCUT2D eigenvalue weighted by Crippen LogP contribution is -2.11. The van der Waals surface area contributed by atoms with Gasteiger partial charge in [-0.25, -0.2) is 4.98 Å². The smallest absolute Gasteiger partial charge is 0.144 e. The Labute approximate surface area is 109 Å². The van der Waals surface area contributed by atoms with E-state index in [1.807, 2.05) is 6.07 Å². The highest BCUT2D eigenvalue weighted by atomic mass is 15.0. The molecule has 0 radical (unpaired) electrons. The van der Waals surface area contributed by atoms with Gasteiger partial charge in [0.15, 0.2) is 0 Å². The van der Waals surface area contributed by atoms with Crippen LogP contribution in [0.5, 0.6) is 0 Å². The minimum absolute atomic E-state index is 0.701. The fourth-order valence-corrected chi connectivity index (χ4v) is 2.44. The zero-order chi connectivity index (χ0) is 12.8. The summed E-state index contributed by atoms with van der Waals surface area (Å²) >= 11 is 0. The standard InChI is InChI=1S/C15H21N3/c1-2-3-6-9-17-15-13(11-16)10-12-7-4-5-8-14(12)18-15/h10H,2-9H2,1H3,(H,17,18). The summed E-state index contributed by atoms with van der Waals surface area (Å²) in [4.78, 5) is 4.65. The van der Waals surface area contributed by atoms with E-state index < -0.39 is 0 Å². The number of hydrogen-bond donors (Lipinski definition) is 1. The molecule has 1 N–H and O–H groups in total. The number of nitriles is 1. The summed E-state index contributed by atoms with van der Waals surface area (Å²) in [5, 5.41) is 12.5. The van der Waals surface area contributed by atoms with E-state index in [1.54, 1.807) is 0 Å². The molecule has 1 aliphatic carbocycles. The van der Waals surface area contributed by atoms with Gasteiger partial charge < -0.3 is 5.32 Å². The molecular weight excluding hydrogens is 222 g/mol. The summed E-state index contributed by atoms with van der Waals surface area (Å²) in [5.74, 6) is 0.786. The molecule has 96 valence electrons. The molecule has 0 amide bonds. The predicted molar refractivity (Wildman–Crippen MR) is 73.6 cm³/mol. The fourth-order valence-electron chi connectivity index (χ4n) is 2.44. The van der Waals surface area contributed by atoms with Crippen LogP contribution in [0.3, 0.4) is 0 Å². The number of unbranched alkanes of at least 4 members (excludes halogenated alkanes) is 2. The van der Waals surface area contributed by atoms with E-state index in [0.29, 0.717) is 5.56 Å². The predicted octanol–water partition coefficient (Wildman–Crippen LogP) is 3.43. The van der Waals surface area contributed by atoms with E-state index >= 15 is 0 Å². The minimum Gasteiger partial charge on any atom is -0.369 e. The van der Waals surface area contributed by atoms with Crippen molar-refractivity contribution in [1.29, 1.82) is 5.26 Å². The van der Waals surface area contributed by atoms with Gasteiger partial charge >= 0.3 is 0 Å². The highest BCUT2D eigenvalue weighted by Crippen LogP contribution is 2.24. The molecule has 18 heavy (non-hydrogen) atoms. The van der Waals surface area contributed by atoms with Crippen molar-refractivity contribution < 1.29 is 0 Å². The number of aryl methyl sites for hydroxylation is 2. The van der Waals surface area contributed by atoms with Crippen molar-refractivity contribution in [2.75, 3.05) is 11.9 Å². The quantitative estimate of drug-likeness (QED) is 0.806. The molecule has 0 unspecified atom stereocenters. The number of pyridine rings is 1. The van der Waals surface area contributed by atoms with E-state index in [9.17, 15) is 5.26 Å². The van der Waals surface area contributed by atoms with E-state index in [2.05, 4.69) is 23.3 Å². The molecule has 0 saturated carbocycles. The van der Waals surface area contributed by atoms with Crippen molar-refractivity contribution in [2.45, 2.75) is 51.9 Å². The molecule has 1 aliphatic rings. The van der Waals surface area contributed by atoms with Crippen LogP contribution in [0.25, 0.3) is 0 Å². The molecule has 0 aliphatic heterocycles. The molecule has 1 aromatic rings. The van der Waals surface area contributed by atoms with E-state index in [1.165, 1.54) is 36.9 Å². The second-order valence-corrected chi connectivity index (χ2v) is 4.94. The largest absolute Gasteiger partial charge is 0.369 e. The summed E-state index contributed by atoms with van der Waals surface area (Å²) < 4.78 is 0. The van der Waals surface area contributed by atoms with Gasteiger partial charge in [-0.15, -0.1) is 0 Å². The Morgan fingerprint density at radius 3 is 2.94 bits per heavy atom. The van der Waals surface area contributed by atoms with Gasteiger partial charge in [-0.2, -0.15) is 5.26 Å². The van der Waals surface area contributed by atoms with Crippen LogP contribution in [0.4, 0.5) is 5.82 Å². The molecule has 1 heterocycles. The van der Waals surface area contributed by atoms with Gasteiger partial charge in [-0.3, -0.25) is 0 Å². The Kier molecular flexibility index (Phi) is 4.58. The molecule has 1 aromatic heterocycles. The summed E-state index contributed by atoms with van der Waals surface area (Å²) in [7, 11) is 0. The van der Waals surface area contributed by atoms with E-state index in [4.69, 9.17) is 0 Å². The van der Waals surface area contributed by atoms with Gasteiger partial charge in [0.25, 0.3) is 0 Å². The van der Waals surface area contributed by atoms with Crippen LogP contribution in [0, 0.1) is 11.3 Å². The summed E-state index contributed by atoms with van der Waals surface area (Å²) in [6.45, 7) is 3.10. The molecule has 0 aromatic carbocycles. The molecule has 3 nitrogen and oxygen atoms in total. The highest BCUT2D eigenvalue weighted by Gasteiger charge is 2.14. The van der Waals surface area contributed by atoms with E-state index in [0.717, 1.165) is 31.6 Å². The third-order valence-corrected chi connectivity index (χ3v) is 3.49. The Morgan fingerprint density at radius 2 is 2.17 bits per heavy atom. The Morgan fingerprint density at radius 1 is 1.33 bits per heavy atom. The van der Waals surface area contributed by atoms with Crippen LogP contribution in [0.15, 0.2) is 6.07 Å². The lowest BCUT2D eigenvalue weighted by atomic mass is 9.95. The van der Waals surface area contributed by atoms with Crippen LogP contribution < -0.4 is 5.32 Å². The third-order valence-electron chi connectivity index (χ3n) is 3.49. The van der Waals surface area contributed by atoms with Gasteiger partial charge in [-0.05, 0) is 43.7 Å². The highest BCUT2D eigenvalue weighted by molar-refractivity contribution is 5.54. The first-order chi connectivity index (χ1) is 8.85. The van der Waals surface area contributed by atoms with Crippen molar-refractivity contribution >= 4 is 5.82 Å². The van der Waals surface area contributed by atoms with Crippen molar-refractivity contribution in [3.05, 3.63) is 22.9 Å². The van der Waals surface area contributed by atoms with Gasteiger partial charge in [0, 0.05) is 12.2 Å². The number of nitrogens with one attached hydrogen (secondary N) is 1. The second kappa shape index (κ2) is 6.39. The maximum absolute atomic E-state index is 9.19. The zero-order valence-electron chi connectivity index (χ0n) is 11.1. The molecule has 3 heteroatoms. The molecule has 0 saturated heterocycles. The Bertz CT molecular complexity index is 446. The number of fused-ring (bicyclic) bond motifs is 1. The van der Waals surface area contributed by atoms with Crippen LogP contribution >= 0.6 is 0 Å². The molecule has 2 rings (SSSR count). The molecule has 0 spiro atoms. The van der Waals surface area contributed by atoms with Crippen molar-refractivity contribution in [3.8, 4) is 6.07 Å². The maximum Gasteiger partial charge on any atom is 0.144 e. The van der Waals surface area contributed by atoms with Crippen molar-refractivity contribution in [1.82, 2.24) is 4.98 Å². The number of anilines is 1.